The molecule has 7 nitrogen and oxygen atoms in total. The fraction of sp³-hybridized carbons (Fsp3) is 0.0833. The van der Waals surface area contributed by atoms with Crippen LogP contribution in [-0.2, 0) is 5.54 Å². The number of aromatic nitrogens is 4. The van der Waals surface area contributed by atoms with Gasteiger partial charge in [0.1, 0.15) is 5.54 Å². The molecule has 0 aliphatic heterocycles. The molecule has 1 unspecified atom stereocenters. The van der Waals surface area contributed by atoms with Crippen molar-refractivity contribution in [1.29, 1.82) is 0 Å². The summed E-state index contributed by atoms with van der Waals surface area (Å²) in [6.45, 7) is 1.84. The maximum absolute atomic E-state index is 13.9. The molecule has 0 radical (unpaired) electrons. The van der Waals surface area contributed by atoms with E-state index in [0.717, 1.165) is 22.3 Å². The summed E-state index contributed by atoms with van der Waals surface area (Å²) in [7, 11) is 0. The van der Waals surface area contributed by atoms with Crippen molar-refractivity contribution in [3.63, 3.8) is 0 Å². The first-order chi connectivity index (χ1) is 21.0. The van der Waals surface area contributed by atoms with Crippen LogP contribution < -0.4 is 17.0 Å². The molecule has 0 aliphatic rings. The third-order valence-electron chi connectivity index (χ3n) is 8.32. The van der Waals surface area contributed by atoms with Gasteiger partial charge < -0.3 is 10.7 Å². The lowest BCUT2D eigenvalue weighted by Crippen LogP contribution is -2.39. The van der Waals surface area contributed by atoms with E-state index in [1.54, 1.807) is 6.07 Å². The Balaban J connectivity index is 1.56. The van der Waals surface area contributed by atoms with Crippen molar-refractivity contribution in [2.75, 3.05) is 5.73 Å². The summed E-state index contributed by atoms with van der Waals surface area (Å²) < 4.78 is 3.18. The molecule has 0 amide bonds. The van der Waals surface area contributed by atoms with Crippen molar-refractivity contribution >= 4 is 27.6 Å². The molecule has 0 saturated heterocycles. The Morgan fingerprint density at radius 1 is 0.698 bits per heavy atom. The summed E-state index contributed by atoms with van der Waals surface area (Å²) >= 11 is 0. The number of nitrogens with one attached hydrogen (secondary N) is 1. The van der Waals surface area contributed by atoms with Crippen molar-refractivity contribution in [3.8, 4) is 0 Å². The first-order valence-corrected chi connectivity index (χ1v) is 14.2. The molecule has 3 N–H and O–H groups in total. The second kappa shape index (κ2) is 10.3. The van der Waals surface area contributed by atoms with Gasteiger partial charge in [0.05, 0.1) is 22.5 Å². The molecule has 0 saturated carbocycles. The van der Waals surface area contributed by atoms with Crippen molar-refractivity contribution in [2.24, 2.45) is 0 Å². The van der Waals surface area contributed by atoms with Gasteiger partial charge in [-0.1, -0.05) is 121 Å². The number of H-pyrrole nitrogens is 1. The first kappa shape index (κ1) is 26.2. The molecule has 5 aromatic carbocycles. The van der Waals surface area contributed by atoms with Gasteiger partial charge in [-0.2, -0.15) is 5.10 Å². The highest BCUT2D eigenvalue weighted by Gasteiger charge is 2.41. The Morgan fingerprint density at radius 2 is 1.19 bits per heavy atom. The molecule has 1 atom stereocenters. The minimum atomic E-state index is -0.912. The Bertz CT molecular complexity index is 2090. The van der Waals surface area contributed by atoms with Crippen LogP contribution in [0.25, 0.3) is 21.8 Å². The highest BCUT2D eigenvalue weighted by atomic mass is 16.2. The zero-order valence-corrected chi connectivity index (χ0v) is 23.5. The van der Waals surface area contributed by atoms with Crippen LogP contribution in [0.3, 0.4) is 0 Å². The minimum absolute atomic E-state index is 0.289. The molecular weight excluding hydrogens is 534 g/mol. The van der Waals surface area contributed by atoms with Gasteiger partial charge in [0.15, 0.2) is 5.82 Å². The predicted octanol–water partition coefficient (Wildman–Crippen LogP) is 6.07. The van der Waals surface area contributed by atoms with Crippen molar-refractivity contribution in [2.45, 2.75) is 18.5 Å². The topological polar surface area (TPSA) is 98.7 Å². The lowest BCUT2D eigenvalue weighted by atomic mass is 9.77. The number of hydrogen-bond donors (Lipinski definition) is 2. The number of fused-ring (bicyclic) bond motifs is 2. The molecule has 210 valence electrons. The normalized spacial score (nSPS) is 12.5. The Kier molecular flexibility index (Phi) is 6.28. The quantitative estimate of drug-likeness (QED) is 0.240. The summed E-state index contributed by atoms with van der Waals surface area (Å²) in [4.78, 5) is 30.3. The van der Waals surface area contributed by atoms with E-state index in [0.29, 0.717) is 21.8 Å². The van der Waals surface area contributed by atoms with E-state index in [1.165, 1.54) is 4.57 Å². The molecule has 0 bridgehead atoms. The average Bonchev–Trinajstić information content (AvgIpc) is 3.37. The summed E-state index contributed by atoms with van der Waals surface area (Å²) in [5.41, 5.74) is 9.80. The fourth-order valence-electron chi connectivity index (χ4n) is 6.25. The van der Waals surface area contributed by atoms with Crippen molar-refractivity contribution in [3.05, 3.63) is 177 Å². The average molecular weight is 564 g/mol. The van der Waals surface area contributed by atoms with Crippen molar-refractivity contribution in [1.82, 2.24) is 19.3 Å². The van der Waals surface area contributed by atoms with Gasteiger partial charge in [0.2, 0.25) is 0 Å². The molecule has 0 fully saturated rings. The number of nitrogens with two attached hydrogens (primary N) is 1. The van der Waals surface area contributed by atoms with E-state index in [4.69, 9.17) is 10.8 Å². The lowest BCUT2D eigenvalue weighted by molar-refractivity contribution is 0.477. The molecule has 2 heterocycles. The van der Waals surface area contributed by atoms with E-state index in [2.05, 4.69) is 41.4 Å². The molecule has 0 spiro atoms. The van der Waals surface area contributed by atoms with E-state index < -0.39 is 17.3 Å². The fourth-order valence-corrected chi connectivity index (χ4v) is 6.25. The van der Waals surface area contributed by atoms with Gasteiger partial charge in [-0.15, -0.1) is 0 Å². The van der Waals surface area contributed by atoms with Crippen molar-refractivity contribution < 1.29 is 0 Å². The van der Waals surface area contributed by atoms with Crippen LogP contribution in [0.1, 0.15) is 35.2 Å². The van der Waals surface area contributed by atoms with E-state index in [9.17, 15) is 9.59 Å². The second-order valence-electron chi connectivity index (χ2n) is 10.7. The van der Waals surface area contributed by atoms with Crippen LogP contribution in [0.5, 0.6) is 0 Å². The number of hydrogen-bond acceptors (Lipinski definition) is 4. The molecule has 2 aromatic heterocycles. The molecule has 0 aliphatic carbocycles. The number of benzene rings is 5. The summed E-state index contributed by atoms with van der Waals surface area (Å²) in [6, 6.07) is 43.1. The maximum Gasteiger partial charge on any atom is 0.329 e. The number of aromatic amines is 1. The Labute approximate surface area is 247 Å². The molecular formula is C36H29N5O2. The van der Waals surface area contributed by atoms with Gasteiger partial charge in [0, 0.05) is 5.39 Å². The summed E-state index contributed by atoms with van der Waals surface area (Å²) in [5, 5.41) is 5.96. The van der Waals surface area contributed by atoms with E-state index in [-0.39, 0.29) is 11.4 Å². The monoisotopic (exact) mass is 563 g/mol. The molecule has 43 heavy (non-hydrogen) atoms. The van der Waals surface area contributed by atoms with Crippen LogP contribution in [0.15, 0.2) is 143 Å². The minimum Gasteiger partial charge on any atom is -0.382 e. The van der Waals surface area contributed by atoms with Gasteiger partial charge in [0.25, 0.3) is 5.56 Å². The smallest absolute Gasteiger partial charge is 0.329 e. The third-order valence-corrected chi connectivity index (χ3v) is 8.32. The van der Waals surface area contributed by atoms with E-state index in [1.807, 2.05) is 103 Å². The lowest BCUT2D eigenvalue weighted by Gasteiger charge is -2.37. The maximum atomic E-state index is 13.9. The first-order valence-electron chi connectivity index (χ1n) is 14.2. The van der Waals surface area contributed by atoms with Crippen LogP contribution in [0, 0.1) is 0 Å². The summed E-state index contributed by atoms with van der Waals surface area (Å²) in [5.74, 6) is 0.289. The Morgan fingerprint density at radius 3 is 1.70 bits per heavy atom. The summed E-state index contributed by atoms with van der Waals surface area (Å²) in [6.07, 6.45) is 0. The van der Waals surface area contributed by atoms with Gasteiger partial charge >= 0.3 is 5.69 Å². The standard InChI is InChI=1S/C36H29N5O2/c1-24(25-14-6-2-7-15-25)40-34(42)29-22-30-32(23-31(29)38-35(40)43)41(39-33(30)37)36(26-16-8-3-9-17-26,27-18-10-4-11-19-27)28-20-12-5-13-21-28/h2-24H,1H3,(H2,37,39)(H,38,43). The largest absolute Gasteiger partial charge is 0.382 e. The zero-order chi connectivity index (χ0) is 29.6. The number of anilines is 1. The SMILES string of the molecule is CC(c1ccccc1)n1c(=O)[nH]c2cc3c(cc2c1=O)c(N)nn3C(c1ccccc1)(c1ccccc1)c1ccccc1. The van der Waals surface area contributed by atoms with Gasteiger partial charge in [-0.25, -0.2) is 9.48 Å². The van der Waals surface area contributed by atoms with Crippen LogP contribution in [0.2, 0.25) is 0 Å². The van der Waals surface area contributed by atoms with E-state index >= 15 is 0 Å². The highest BCUT2D eigenvalue weighted by molar-refractivity contribution is 6.00. The van der Waals surface area contributed by atoms with Crippen LogP contribution in [0.4, 0.5) is 5.82 Å². The molecule has 7 aromatic rings. The van der Waals surface area contributed by atoms with Crippen LogP contribution >= 0.6 is 0 Å². The zero-order valence-electron chi connectivity index (χ0n) is 23.5. The highest BCUT2D eigenvalue weighted by Crippen LogP contribution is 2.43. The number of rotatable bonds is 6. The van der Waals surface area contributed by atoms with Crippen LogP contribution in [-0.4, -0.2) is 19.3 Å². The Hall–Kier alpha value is -5.69. The number of nitrogen functional groups attached to an aromatic ring is 1. The van der Waals surface area contributed by atoms with Gasteiger partial charge in [-0.05, 0) is 41.3 Å². The number of nitrogens with zero attached hydrogens (tertiary/aromatic N) is 3. The van der Waals surface area contributed by atoms with Gasteiger partial charge in [-0.3, -0.25) is 9.36 Å². The molecule has 7 rings (SSSR count). The predicted molar refractivity (Wildman–Crippen MR) is 171 cm³/mol. The molecule has 7 heteroatoms. The second-order valence-corrected chi connectivity index (χ2v) is 10.7. The third kappa shape index (κ3) is 4.08.